The molecule has 192 valence electrons. The Morgan fingerprint density at radius 3 is 2.58 bits per heavy atom. The van der Waals surface area contributed by atoms with Crippen molar-refractivity contribution in [2.75, 3.05) is 32.8 Å². The van der Waals surface area contributed by atoms with Crippen LogP contribution in [0.25, 0.3) is 33.1 Å². The molecule has 0 radical (unpaired) electrons. The van der Waals surface area contributed by atoms with Crippen molar-refractivity contribution in [2.45, 2.75) is 26.7 Å². The molecule has 2 aromatic carbocycles. The average molecular weight is 512 g/mol. The van der Waals surface area contributed by atoms with Crippen LogP contribution in [0.3, 0.4) is 0 Å². The summed E-state index contributed by atoms with van der Waals surface area (Å²) in [4.78, 5) is 17.9. The molecule has 2 heterocycles. The van der Waals surface area contributed by atoms with Gasteiger partial charge in [0, 0.05) is 30.1 Å². The van der Waals surface area contributed by atoms with E-state index in [0.29, 0.717) is 18.2 Å². The molecule has 7 nitrogen and oxygen atoms in total. The minimum absolute atomic E-state index is 0.130. The zero-order valence-electron chi connectivity index (χ0n) is 20.8. The number of aromatic amines is 1. The molecule has 0 bridgehead atoms. The molecule has 1 saturated carbocycles. The van der Waals surface area contributed by atoms with Gasteiger partial charge in [0.2, 0.25) is 0 Å². The number of aliphatic hydroxyl groups excluding tert-OH is 1. The fraction of sp³-hybridized carbons (Fsp3) is 0.357. The summed E-state index contributed by atoms with van der Waals surface area (Å²) in [5.41, 5.74) is 3.42. The van der Waals surface area contributed by atoms with Crippen LogP contribution in [0.4, 0.5) is 0 Å². The van der Waals surface area contributed by atoms with E-state index in [0.717, 1.165) is 57.8 Å². The first-order chi connectivity index (χ1) is 17.5. The first-order valence-corrected chi connectivity index (χ1v) is 12.5. The van der Waals surface area contributed by atoms with Crippen LogP contribution in [-0.2, 0) is 4.79 Å². The highest BCUT2D eigenvalue weighted by molar-refractivity contribution is 6.31. The van der Waals surface area contributed by atoms with Gasteiger partial charge in [-0.3, -0.25) is 4.90 Å². The molecule has 0 spiro atoms. The van der Waals surface area contributed by atoms with Crippen molar-refractivity contribution in [1.82, 2.24) is 14.9 Å². The van der Waals surface area contributed by atoms with Gasteiger partial charge in [-0.15, -0.1) is 0 Å². The number of nitrogens with one attached hydrogen (secondary N) is 1. The molecule has 1 aliphatic carbocycles. The van der Waals surface area contributed by atoms with Crippen LogP contribution in [-0.4, -0.2) is 64.7 Å². The minimum atomic E-state index is 0.130. The zero-order chi connectivity index (χ0) is 26.1. The summed E-state index contributed by atoms with van der Waals surface area (Å²) >= 11 is 6.23. The van der Waals surface area contributed by atoms with Gasteiger partial charge in [-0.2, -0.15) is 0 Å². The Morgan fingerprint density at radius 1 is 1.19 bits per heavy atom. The minimum Gasteiger partial charge on any atom is -0.508 e. The van der Waals surface area contributed by atoms with E-state index in [4.69, 9.17) is 26.2 Å². The van der Waals surface area contributed by atoms with E-state index in [2.05, 4.69) is 28.7 Å². The molecule has 0 aliphatic heterocycles. The maximum absolute atomic E-state index is 9.96. The smallest absolute Gasteiger partial charge is 0.143 e. The number of nitrogens with zero attached hydrogens (tertiary/aromatic N) is 2. The maximum Gasteiger partial charge on any atom is 0.143 e. The lowest BCUT2D eigenvalue weighted by molar-refractivity contribution is -0.0980. The Labute approximate surface area is 216 Å². The van der Waals surface area contributed by atoms with Crippen LogP contribution in [0.5, 0.6) is 11.5 Å². The monoisotopic (exact) mass is 511 g/mol. The van der Waals surface area contributed by atoms with Gasteiger partial charge in [0.15, 0.2) is 0 Å². The van der Waals surface area contributed by atoms with E-state index >= 15 is 0 Å². The van der Waals surface area contributed by atoms with Crippen LogP contribution in [0, 0.1) is 5.92 Å². The molecule has 2 aromatic heterocycles. The number of carbonyl (C=O) groups is 1. The van der Waals surface area contributed by atoms with Gasteiger partial charge in [-0.05, 0) is 53.9 Å². The van der Waals surface area contributed by atoms with Crippen LogP contribution < -0.4 is 4.74 Å². The third-order valence-electron chi connectivity index (χ3n) is 6.09. The highest BCUT2D eigenvalue weighted by Gasteiger charge is 2.16. The van der Waals surface area contributed by atoms with E-state index in [9.17, 15) is 5.11 Å². The largest absolute Gasteiger partial charge is 0.508 e. The van der Waals surface area contributed by atoms with Crippen LogP contribution in [0.1, 0.15) is 26.7 Å². The van der Waals surface area contributed by atoms with Crippen molar-refractivity contribution in [2.24, 2.45) is 5.92 Å². The van der Waals surface area contributed by atoms with Crippen molar-refractivity contribution in [3.8, 4) is 22.6 Å². The SMILES string of the molecule is C=O.CC1CC1.CCN(CCO)CCOc1ccc(-c2cccc(O)c2)c2c1[nH]c1ncc(Cl)cc12. The lowest BCUT2D eigenvalue weighted by Gasteiger charge is -2.19. The predicted octanol–water partition coefficient (Wildman–Crippen LogP) is 5.67. The number of ether oxygens (including phenoxy) is 1. The molecule has 4 aromatic rings. The molecular formula is C28H34ClN3O4. The lowest BCUT2D eigenvalue weighted by Crippen LogP contribution is -2.30. The van der Waals surface area contributed by atoms with E-state index in [1.165, 1.54) is 12.8 Å². The number of rotatable bonds is 8. The molecule has 1 aliphatic rings. The molecule has 1 fully saturated rings. The quantitative estimate of drug-likeness (QED) is 0.282. The number of pyridine rings is 1. The van der Waals surface area contributed by atoms with Crippen LogP contribution in [0.15, 0.2) is 48.7 Å². The van der Waals surface area contributed by atoms with Crippen molar-refractivity contribution >= 4 is 40.3 Å². The topological polar surface area (TPSA) is 98.7 Å². The number of likely N-dealkylation sites (N-methyl/N-ethyl adjacent to an activating group) is 1. The first-order valence-electron chi connectivity index (χ1n) is 12.1. The molecule has 8 heteroatoms. The van der Waals surface area contributed by atoms with E-state index < -0.39 is 0 Å². The molecule has 0 saturated heterocycles. The number of carbonyl (C=O) groups excluding carboxylic acids is 1. The Balaban J connectivity index is 0.000000537. The third kappa shape index (κ3) is 6.97. The second-order valence-electron chi connectivity index (χ2n) is 8.78. The summed E-state index contributed by atoms with van der Waals surface area (Å²) in [6.45, 7) is 9.16. The highest BCUT2D eigenvalue weighted by Crippen LogP contribution is 2.40. The van der Waals surface area contributed by atoms with Crippen molar-refractivity contribution in [1.29, 1.82) is 0 Å². The summed E-state index contributed by atoms with van der Waals surface area (Å²) in [7, 11) is 0. The number of aliphatic hydroxyl groups is 1. The molecule has 5 rings (SSSR count). The van der Waals surface area contributed by atoms with Crippen molar-refractivity contribution in [3.63, 3.8) is 0 Å². The number of hydrogen-bond acceptors (Lipinski definition) is 6. The van der Waals surface area contributed by atoms with Gasteiger partial charge >= 0.3 is 0 Å². The standard InChI is InChI=1S/C23H24ClN3O3.C4H8.CH2O/c1-2-27(8-10-28)9-11-30-20-7-6-18(15-4-3-5-17(29)12-15)21-19-13-16(24)14-25-23(19)26-22(20)21;1-4-2-3-4;1-2/h3-7,12-14,28-29H,2,8-11H2,1H3,(H,25,26);4H,2-3H2,1H3;1H2. The normalized spacial score (nSPS) is 12.7. The van der Waals surface area contributed by atoms with E-state index in [1.807, 2.05) is 37.1 Å². The summed E-state index contributed by atoms with van der Waals surface area (Å²) < 4.78 is 6.11. The summed E-state index contributed by atoms with van der Waals surface area (Å²) in [6, 6.07) is 13.0. The van der Waals surface area contributed by atoms with Gasteiger partial charge < -0.3 is 24.7 Å². The molecule has 36 heavy (non-hydrogen) atoms. The van der Waals surface area contributed by atoms with Gasteiger partial charge in [-0.25, -0.2) is 4.98 Å². The zero-order valence-corrected chi connectivity index (χ0v) is 21.6. The molecule has 3 N–H and O–H groups in total. The van der Waals surface area contributed by atoms with Gasteiger partial charge in [0.1, 0.15) is 30.5 Å². The van der Waals surface area contributed by atoms with Crippen molar-refractivity contribution < 1.29 is 19.7 Å². The van der Waals surface area contributed by atoms with Gasteiger partial charge in [0.05, 0.1) is 17.1 Å². The Hall–Kier alpha value is -3.13. The predicted molar refractivity (Wildman–Crippen MR) is 146 cm³/mol. The van der Waals surface area contributed by atoms with Crippen molar-refractivity contribution in [3.05, 3.63) is 53.7 Å². The molecule has 0 unspecified atom stereocenters. The highest BCUT2D eigenvalue weighted by atomic mass is 35.5. The molecular weight excluding hydrogens is 478 g/mol. The van der Waals surface area contributed by atoms with E-state index in [-0.39, 0.29) is 12.4 Å². The molecule has 0 amide bonds. The third-order valence-corrected chi connectivity index (χ3v) is 6.29. The number of fused-ring (bicyclic) bond motifs is 3. The number of hydrogen-bond donors (Lipinski definition) is 3. The first kappa shape index (κ1) is 27.5. The maximum atomic E-state index is 9.96. The number of aromatic nitrogens is 2. The second kappa shape index (κ2) is 13.3. The van der Waals surface area contributed by atoms with Crippen LogP contribution in [0.2, 0.25) is 5.02 Å². The van der Waals surface area contributed by atoms with Gasteiger partial charge in [-0.1, -0.05) is 50.4 Å². The fourth-order valence-electron chi connectivity index (χ4n) is 3.89. The summed E-state index contributed by atoms with van der Waals surface area (Å²) in [6.07, 6.45) is 4.59. The molecule has 0 atom stereocenters. The van der Waals surface area contributed by atoms with Gasteiger partial charge in [0.25, 0.3) is 0 Å². The average Bonchev–Trinajstić information content (AvgIpc) is 3.59. The number of phenolic OH excluding ortho intramolecular Hbond substituents is 1. The Morgan fingerprint density at radius 2 is 1.94 bits per heavy atom. The second-order valence-corrected chi connectivity index (χ2v) is 9.21. The summed E-state index contributed by atoms with van der Waals surface area (Å²) in [5, 5.41) is 21.5. The summed E-state index contributed by atoms with van der Waals surface area (Å²) in [5.74, 6) is 2.02. The number of halogens is 1. The fourth-order valence-corrected chi connectivity index (χ4v) is 4.05. The number of phenols is 1. The Bertz CT molecular complexity index is 1270. The van der Waals surface area contributed by atoms with Crippen LogP contribution >= 0.6 is 11.6 Å². The number of H-pyrrole nitrogens is 1. The number of benzene rings is 2. The Kier molecular flexibility index (Phi) is 10.1. The lowest BCUT2D eigenvalue weighted by atomic mass is 9.99. The van der Waals surface area contributed by atoms with E-state index in [1.54, 1.807) is 18.3 Å². The number of aromatic hydroxyl groups is 1.